The van der Waals surface area contributed by atoms with Crippen molar-refractivity contribution < 1.29 is 0 Å². The fourth-order valence-electron chi connectivity index (χ4n) is 3.72. The molecule has 0 saturated carbocycles. The van der Waals surface area contributed by atoms with Crippen LogP contribution in [0.25, 0.3) is 11.0 Å². The van der Waals surface area contributed by atoms with Gasteiger partial charge in [0.15, 0.2) is 0 Å². The van der Waals surface area contributed by atoms with Crippen molar-refractivity contribution in [1.29, 1.82) is 0 Å². The van der Waals surface area contributed by atoms with Crippen LogP contribution in [0.2, 0.25) is 0 Å². The van der Waals surface area contributed by atoms with Crippen LogP contribution in [0.1, 0.15) is 17.2 Å². The zero-order valence-corrected chi connectivity index (χ0v) is 17.3. The average Bonchev–Trinajstić information content (AvgIpc) is 2.79. The molecular weight excluding hydrogens is 392 g/mol. The number of benzene rings is 3. The summed E-state index contributed by atoms with van der Waals surface area (Å²) < 4.78 is 0. The van der Waals surface area contributed by atoms with Crippen LogP contribution in [0.3, 0.4) is 0 Å². The summed E-state index contributed by atoms with van der Waals surface area (Å²) in [6.45, 7) is 0. The van der Waals surface area contributed by atoms with Gasteiger partial charge in [-0.1, -0.05) is 48.5 Å². The number of hydrogen-bond donors (Lipinski definition) is 1. The SMILES string of the molecule is CN(/N=C1\c2ccccc2SCC1c1nc2ccccc2[nH]c1=O)c1ccccc1. The first-order valence-corrected chi connectivity index (χ1v) is 10.8. The first-order chi connectivity index (χ1) is 14.7. The lowest BCUT2D eigenvalue weighted by Crippen LogP contribution is -2.30. The summed E-state index contributed by atoms with van der Waals surface area (Å²) in [6.07, 6.45) is 0. The van der Waals surface area contributed by atoms with E-state index in [2.05, 4.69) is 17.1 Å². The molecule has 0 bridgehead atoms. The van der Waals surface area contributed by atoms with E-state index < -0.39 is 0 Å². The third kappa shape index (κ3) is 3.39. The van der Waals surface area contributed by atoms with Crippen LogP contribution in [0.4, 0.5) is 5.69 Å². The molecule has 1 unspecified atom stereocenters. The van der Waals surface area contributed by atoms with Crippen molar-refractivity contribution in [3.8, 4) is 0 Å². The fraction of sp³-hybridized carbons (Fsp3) is 0.125. The maximum Gasteiger partial charge on any atom is 0.270 e. The quantitative estimate of drug-likeness (QED) is 0.498. The number of para-hydroxylation sites is 3. The van der Waals surface area contributed by atoms with Gasteiger partial charge < -0.3 is 4.98 Å². The number of aromatic amines is 1. The summed E-state index contributed by atoms with van der Waals surface area (Å²) in [7, 11) is 1.93. The zero-order chi connectivity index (χ0) is 20.5. The van der Waals surface area contributed by atoms with Gasteiger partial charge in [-0.05, 0) is 30.3 Å². The minimum atomic E-state index is -0.204. The van der Waals surface area contributed by atoms with E-state index in [1.54, 1.807) is 11.8 Å². The van der Waals surface area contributed by atoms with Crippen molar-refractivity contribution in [1.82, 2.24) is 9.97 Å². The van der Waals surface area contributed by atoms with Gasteiger partial charge in [0.25, 0.3) is 5.56 Å². The van der Waals surface area contributed by atoms with Gasteiger partial charge in [0.2, 0.25) is 0 Å². The van der Waals surface area contributed by atoms with Crippen molar-refractivity contribution in [3.05, 3.63) is 100 Å². The van der Waals surface area contributed by atoms with E-state index in [9.17, 15) is 4.79 Å². The smallest absolute Gasteiger partial charge is 0.270 e. The number of H-pyrrole nitrogens is 1. The van der Waals surface area contributed by atoms with Gasteiger partial charge >= 0.3 is 0 Å². The predicted molar refractivity (Wildman–Crippen MR) is 124 cm³/mol. The van der Waals surface area contributed by atoms with Crippen LogP contribution >= 0.6 is 11.8 Å². The normalized spacial score (nSPS) is 17.1. The van der Waals surface area contributed by atoms with Crippen LogP contribution in [0.15, 0.2) is 93.7 Å². The molecule has 1 aromatic heterocycles. The van der Waals surface area contributed by atoms with Crippen molar-refractivity contribution in [2.75, 3.05) is 17.8 Å². The molecule has 2 heterocycles. The number of nitrogens with one attached hydrogen (secondary N) is 1. The van der Waals surface area contributed by atoms with Crippen molar-refractivity contribution >= 4 is 34.2 Å². The first kappa shape index (κ1) is 18.6. The Morgan fingerprint density at radius 3 is 2.60 bits per heavy atom. The summed E-state index contributed by atoms with van der Waals surface area (Å²) in [5.74, 6) is 0.511. The van der Waals surface area contributed by atoms with Crippen molar-refractivity contribution in [3.63, 3.8) is 0 Å². The number of thioether (sulfide) groups is 1. The molecule has 0 fully saturated rings. The van der Waals surface area contributed by atoms with Gasteiger partial charge in [-0.25, -0.2) is 4.98 Å². The lowest BCUT2D eigenvalue weighted by atomic mass is 9.94. The number of hydrogen-bond acceptors (Lipinski definition) is 5. The predicted octanol–water partition coefficient (Wildman–Crippen LogP) is 4.65. The molecule has 1 aliphatic rings. The van der Waals surface area contributed by atoms with Crippen LogP contribution in [-0.4, -0.2) is 28.5 Å². The van der Waals surface area contributed by atoms with E-state index in [1.807, 2.05) is 78.8 Å². The highest BCUT2D eigenvalue weighted by atomic mass is 32.2. The second kappa shape index (κ2) is 7.80. The Balaban J connectivity index is 1.66. The maximum atomic E-state index is 12.9. The number of hydrazone groups is 1. The highest BCUT2D eigenvalue weighted by Crippen LogP contribution is 2.37. The van der Waals surface area contributed by atoms with Crippen LogP contribution in [0, 0.1) is 0 Å². The number of nitrogens with zero attached hydrogens (tertiary/aromatic N) is 3. The molecule has 148 valence electrons. The lowest BCUT2D eigenvalue weighted by molar-refractivity contribution is 0.898. The molecule has 30 heavy (non-hydrogen) atoms. The Bertz CT molecular complexity index is 1300. The van der Waals surface area contributed by atoms with Crippen molar-refractivity contribution in [2.24, 2.45) is 5.10 Å². The molecule has 3 aromatic carbocycles. The summed E-state index contributed by atoms with van der Waals surface area (Å²) in [4.78, 5) is 21.9. The van der Waals surface area contributed by atoms with Gasteiger partial charge in [0.1, 0.15) is 5.69 Å². The maximum absolute atomic E-state index is 12.9. The largest absolute Gasteiger partial charge is 0.319 e. The summed E-state index contributed by atoms with van der Waals surface area (Å²) in [5.41, 5.74) is 4.78. The average molecular weight is 413 g/mol. The van der Waals surface area contributed by atoms with E-state index in [0.29, 0.717) is 11.4 Å². The van der Waals surface area contributed by atoms with E-state index in [0.717, 1.165) is 28.0 Å². The summed E-state index contributed by atoms with van der Waals surface area (Å²) in [6, 6.07) is 25.8. The second-order valence-corrected chi connectivity index (χ2v) is 8.23. The van der Waals surface area contributed by atoms with Crippen molar-refractivity contribution in [2.45, 2.75) is 10.8 Å². The molecule has 0 amide bonds. The molecule has 0 aliphatic carbocycles. The molecule has 5 rings (SSSR count). The molecule has 1 aliphatic heterocycles. The Morgan fingerprint density at radius 1 is 1.00 bits per heavy atom. The highest BCUT2D eigenvalue weighted by molar-refractivity contribution is 7.99. The third-order valence-corrected chi connectivity index (χ3v) is 6.41. The lowest BCUT2D eigenvalue weighted by Gasteiger charge is -2.27. The Kier molecular flexibility index (Phi) is 4.85. The topological polar surface area (TPSA) is 61.4 Å². The Morgan fingerprint density at radius 2 is 1.73 bits per heavy atom. The molecule has 5 nitrogen and oxygen atoms in total. The summed E-state index contributed by atoms with van der Waals surface area (Å²) in [5, 5.41) is 6.84. The molecule has 0 radical (unpaired) electrons. The number of rotatable bonds is 3. The van der Waals surface area contributed by atoms with Gasteiger partial charge in [-0.2, -0.15) is 5.10 Å². The first-order valence-electron chi connectivity index (χ1n) is 9.79. The molecule has 6 heteroatoms. The molecule has 1 N–H and O–H groups in total. The molecule has 0 saturated heterocycles. The van der Waals surface area contributed by atoms with Gasteiger partial charge in [-0.15, -0.1) is 11.8 Å². The molecular formula is C24H20N4OS. The van der Waals surface area contributed by atoms with E-state index in [-0.39, 0.29) is 11.5 Å². The third-order valence-electron chi connectivity index (χ3n) is 5.24. The number of aromatic nitrogens is 2. The second-order valence-electron chi connectivity index (χ2n) is 7.17. The fourth-order valence-corrected chi connectivity index (χ4v) is 4.88. The highest BCUT2D eigenvalue weighted by Gasteiger charge is 2.31. The van der Waals surface area contributed by atoms with Gasteiger partial charge in [0, 0.05) is 23.3 Å². The van der Waals surface area contributed by atoms with Crippen LogP contribution in [0.5, 0.6) is 0 Å². The molecule has 0 spiro atoms. The minimum absolute atomic E-state index is 0.159. The standard InChI is InChI=1S/C24H20N4OS/c1-28(16-9-3-2-4-10-16)27-22-17-11-5-8-14-21(17)30-15-18(22)23-24(29)26-20-13-7-6-12-19(20)25-23/h2-14,18H,15H2,1H3,(H,26,29)/b27-22+. The zero-order valence-electron chi connectivity index (χ0n) is 16.4. The Labute approximate surface area is 178 Å². The molecule has 1 atom stereocenters. The number of anilines is 1. The molecule has 4 aromatic rings. The van der Waals surface area contributed by atoms with Crippen LogP contribution < -0.4 is 10.6 Å². The van der Waals surface area contributed by atoms with E-state index in [4.69, 9.17) is 10.1 Å². The van der Waals surface area contributed by atoms with Gasteiger partial charge in [0.05, 0.1) is 28.4 Å². The van der Waals surface area contributed by atoms with Gasteiger partial charge in [-0.3, -0.25) is 9.80 Å². The van der Waals surface area contributed by atoms with E-state index >= 15 is 0 Å². The number of fused-ring (bicyclic) bond motifs is 2. The minimum Gasteiger partial charge on any atom is -0.319 e. The Hall–Kier alpha value is -3.38. The monoisotopic (exact) mass is 412 g/mol. The van der Waals surface area contributed by atoms with Crippen LogP contribution in [-0.2, 0) is 0 Å². The van der Waals surface area contributed by atoms with E-state index in [1.165, 1.54) is 4.90 Å². The summed E-state index contributed by atoms with van der Waals surface area (Å²) >= 11 is 1.74.